The lowest BCUT2D eigenvalue weighted by atomic mass is 10.4. The summed E-state index contributed by atoms with van der Waals surface area (Å²) >= 11 is 7.06. The molecule has 1 N–H and O–H groups in total. The monoisotopic (exact) mass is 298 g/mol. The van der Waals surface area contributed by atoms with Gasteiger partial charge in [-0.25, -0.2) is 4.79 Å². The summed E-state index contributed by atoms with van der Waals surface area (Å²) < 4.78 is 1.43. The summed E-state index contributed by atoms with van der Waals surface area (Å²) in [5.41, 5.74) is -1.49. The number of nitrogens with zero attached hydrogens (tertiary/aromatic N) is 2. The van der Waals surface area contributed by atoms with E-state index in [1.54, 1.807) is 31.2 Å². The molecule has 0 amide bonds. The van der Waals surface area contributed by atoms with Gasteiger partial charge in [0.1, 0.15) is 0 Å². The molecule has 0 fully saturated rings. The Labute approximate surface area is 118 Å². The van der Waals surface area contributed by atoms with Crippen molar-refractivity contribution in [2.45, 2.75) is 23.4 Å². The van der Waals surface area contributed by atoms with Crippen LogP contribution in [0.4, 0.5) is 0 Å². The maximum Gasteiger partial charge on any atom is 0.365 e. The molecule has 0 saturated carbocycles. The molecule has 1 aromatic heterocycles. The van der Waals surface area contributed by atoms with Crippen LogP contribution >= 0.6 is 23.4 Å². The number of halogens is 1. The molecule has 1 aromatic carbocycles. The Morgan fingerprint density at radius 2 is 1.89 bits per heavy atom. The third-order valence-corrected chi connectivity index (χ3v) is 3.79. The van der Waals surface area contributed by atoms with Crippen LogP contribution in [-0.2, 0) is 6.54 Å². The van der Waals surface area contributed by atoms with E-state index in [0.29, 0.717) is 16.6 Å². The van der Waals surface area contributed by atoms with Gasteiger partial charge in [0.15, 0.2) is 0 Å². The molecule has 0 unspecified atom stereocenters. The summed E-state index contributed by atoms with van der Waals surface area (Å²) in [6.45, 7) is 2.12. The second kappa shape index (κ2) is 5.54. The fourth-order valence-electron chi connectivity index (χ4n) is 1.55. The number of rotatable bonds is 3. The van der Waals surface area contributed by atoms with Crippen molar-refractivity contribution in [2.75, 3.05) is 0 Å². The van der Waals surface area contributed by atoms with E-state index in [-0.39, 0.29) is 4.73 Å². The van der Waals surface area contributed by atoms with Crippen LogP contribution in [0.2, 0.25) is 5.02 Å². The molecule has 7 heteroatoms. The first-order valence-electron chi connectivity index (χ1n) is 5.52. The van der Waals surface area contributed by atoms with Crippen molar-refractivity contribution < 1.29 is 5.21 Å². The van der Waals surface area contributed by atoms with Crippen LogP contribution in [0.25, 0.3) is 0 Å². The average molecular weight is 299 g/mol. The summed E-state index contributed by atoms with van der Waals surface area (Å²) in [6.07, 6.45) is 0. The highest BCUT2D eigenvalue weighted by atomic mass is 35.5. The van der Waals surface area contributed by atoms with Crippen LogP contribution in [0.1, 0.15) is 6.92 Å². The SMILES string of the molecule is CCn1c(Sc2ccc(Cl)cc2)cc(=O)n(O)c1=O. The largest absolute Gasteiger partial charge is 0.421 e. The maximum atomic E-state index is 11.7. The molecule has 5 nitrogen and oxygen atoms in total. The van der Waals surface area contributed by atoms with E-state index in [1.807, 2.05) is 0 Å². The van der Waals surface area contributed by atoms with Crippen molar-refractivity contribution >= 4 is 23.4 Å². The van der Waals surface area contributed by atoms with Crippen LogP contribution in [0.3, 0.4) is 0 Å². The van der Waals surface area contributed by atoms with Crippen molar-refractivity contribution in [1.29, 1.82) is 0 Å². The minimum Gasteiger partial charge on any atom is -0.421 e. The quantitative estimate of drug-likeness (QED) is 0.696. The van der Waals surface area contributed by atoms with Crippen LogP contribution in [0.15, 0.2) is 49.8 Å². The van der Waals surface area contributed by atoms with Crippen molar-refractivity contribution in [2.24, 2.45) is 0 Å². The molecular formula is C12H11ClN2O3S. The first kappa shape index (κ1) is 13.8. The third kappa shape index (κ3) is 2.85. The number of hydrogen-bond acceptors (Lipinski definition) is 4. The first-order chi connectivity index (χ1) is 9.02. The normalized spacial score (nSPS) is 10.6. The summed E-state index contributed by atoms with van der Waals surface area (Å²) in [5, 5.41) is 10.4. The predicted molar refractivity (Wildman–Crippen MR) is 73.4 cm³/mol. The van der Waals surface area contributed by atoms with E-state index >= 15 is 0 Å². The van der Waals surface area contributed by atoms with Gasteiger partial charge in [-0.3, -0.25) is 9.36 Å². The molecule has 0 aliphatic carbocycles. The molecule has 0 aliphatic heterocycles. The molecule has 0 atom stereocenters. The van der Waals surface area contributed by atoms with Gasteiger partial charge in [-0.05, 0) is 31.2 Å². The summed E-state index contributed by atoms with van der Waals surface area (Å²) in [6, 6.07) is 8.27. The Balaban J connectivity index is 2.48. The zero-order chi connectivity index (χ0) is 14.0. The average Bonchev–Trinajstić information content (AvgIpc) is 2.39. The van der Waals surface area contributed by atoms with E-state index in [9.17, 15) is 14.8 Å². The first-order valence-corrected chi connectivity index (χ1v) is 6.72. The third-order valence-electron chi connectivity index (χ3n) is 2.49. The zero-order valence-corrected chi connectivity index (χ0v) is 11.6. The fourth-order valence-corrected chi connectivity index (χ4v) is 2.66. The minimum absolute atomic E-state index is 0.107. The Bertz CT molecular complexity index is 706. The highest BCUT2D eigenvalue weighted by molar-refractivity contribution is 7.99. The smallest absolute Gasteiger partial charge is 0.365 e. The molecule has 100 valence electrons. The van der Waals surface area contributed by atoms with Crippen LogP contribution in [0, 0.1) is 0 Å². The topological polar surface area (TPSA) is 64.2 Å². The summed E-state index contributed by atoms with van der Waals surface area (Å²) in [4.78, 5) is 24.0. The van der Waals surface area contributed by atoms with Gasteiger partial charge in [-0.2, -0.15) is 0 Å². The molecular weight excluding hydrogens is 288 g/mol. The Morgan fingerprint density at radius 1 is 1.26 bits per heavy atom. The van der Waals surface area contributed by atoms with Crippen LogP contribution in [-0.4, -0.2) is 14.5 Å². The lowest BCUT2D eigenvalue weighted by Gasteiger charge is -2.10. The van der Waals surface area contributed by atoms with Gasteiger partial charge in [0.05, 0.1) is 5.03 Å². The molecule has 0 aliphatic rings. The van der Waals surface area contributed by atoms with E-state index in [2.05, 4.69) is 0 Å². The van der Waals surface area contributed by atoms with E-state index in [1.165, 1.54) is 22.4 Å². The van der Waals surface area contributed by atoms with Gasteiger partial charge in [-0.15, -0.1) is 0 Å². The van der Waals surface area contributed by atoms with Crippen molar-refractivity contribution in [1.82, 2.24) is 9.30 Å². The van der Waals surface area contributed by atoms with Crippen molar-refractivity contribution in [3.63, 3.8) is 0 Å². The van der Waals surface area contributed by atoms with Crippen molar-refractivity contribution in [3.05, 3.63) is 56.2 Å². The number of benzene rings is 1. The van der Waals surface area contributed by atoms with E-state index < -0.39 is 11.2 Å². The molecule has 0 bridgehead atoms. The van der Waals surface area contributed by atoms with Crippen LogP contribution in [0.5, 0.6) is 0 Å². The van der Waals surface area contributed by atoms with Gasteiger partial charge in [0.25, 0.3) is 5.56 Å². The summed E-state index contributed by atoms with van der Waals surface area (Å²) in [5.74, 6) is 0. The van der Waals surface area contributed by atoms with Gasteiger partial charge in [-0.1, -0.05) is 28.1 Å². The molecule has 19 heavy (non-hydrogen) atoms. The van der Waals surface area contributed by atoms with E-state index in [0.717, 1.165) is 4.90 Å². The lowest BCUT2D eigenvalue weighted by molar-refractivity contribution is 0.152. The zero-order valence-electron chi connectivity index (χ0n) is 10.0. The lowest BCUT2D eigenvalue weighted by Crippen LogP contribution is -2.38. The standard InChI is InChI=1S/C12H11ClN2O3S/c1-2-14-11(7-10(16)15(18)12(14)17)19-9-5-3-8(13)4-6-9/h3-7,18H,2H2,1H3. The second-order valence-electron chi connectivity index (χ2n) is 3.72. The van der Waals surface area contributed by atoms with Gasteiger partial charge in [0, 0.05) is 22.5 Å². The Hall–Kier alpha value is -1.66. The Morgan fingerprint density at radius 3 is 2.47 bits per heavy atom. The van der Waals surface area contributed by atoms with Crippen LogP contribution < -0.4 is 11.2 Å². The summed E-state index contributed by atoms with van der Waals surface area (Å²) in [7, 11) is 0. The van der Waals surface area contributed by atoms with E-state index in [4.69, 9.17) is 11.6 Å². The highest BCUT2D eigenvalue weighted by Gasteiger charge is 2.10. The van der Waals surface area contributed by atoms with Gasteiger partial charge in [0.2, 0.25) is 0 Å². The fraction of sp³-hybridized carbons (Fsp3) is 0.167. The second-order valence-corrected chi connectivity index (χ2v) is 5.25. The number of aromatic nitrogens is 2. The highest BCUT2D eigenvalue weighted by Crippen LogP contribution is 2.26. The molecule has 2 rings (SSSR count). The molecule has 0 radical (unpaired) electrons. The molecule has 0 spiro atoms. The minimum atomic E-state index is -0.744. The predicted octanol–water partition coefficient (Wildman–Crippen LogP) is 2.07. The Kier molecular flexibility index (Phi) is 4.01. The van der Waals surface area contributed by atoms with Crippen molar-refractivity contribution in [3.8, 4) is 0 Å². The van der Waals surface area contributed by atoms with Gasteiger partial charge < -0.3 is 5.21 Å². The molecule has 0 saturated heterocycles. The van der Waals surface area contributed by atoms with Gasteiger partial charge >= 0.3 is 5.69 Å². The number of hydrogen-bond donors (Lipinski definition) is 1. The molecule has 1 heterocycles. The maximum absolute atomic E-state index is 11.7. The molecule has 2 aromatic rings.